The molecule has 0 unspecified atom stereocenters. The summed E-state index contributed by atoms with van der Waals surface area (Å²) < 4.78 is 1.65. The van der Waals surface area contributed by atoms with Gasteiger partial charge in [-0.3, -0.25) is 19.3 Å². The van der Waals surface area contributed by atoms with Crippen LogP contribution in [-0.4, -0.2) is 75.5 Å². The molecule has 0 aromatic carbocycles. The number of nitrogens with one attached hydrogen (secondary N) is 1. The monoisotopic (exact) mass is 293 g/mol. The van der Waals surface area contributed by atoms with E-state index in [2.05, 4.69) is 15.3 Å². The first-order chi connectivity index (χ1) is 10.1. The molecule has 0 radical (unpaired) electrons. The van der Waals surface area contributed by atoms with Crippen LogP contribution in [0.25, 0.3) is 0 Å². The van der Waals surface area contributed by atoms with E-state index in [1.54, 1.807) is 16.9 Å². The molecular weight excluding hydrogens is 270 g/mol. The fraction of sp³-hybridized carbons (Fsp3) is 0.714. The lowest BCUT2D eigenvalue weighted by atomic mass is 10.2. The number of hydrogen-bond acceptors (Lipinski definition) is 5. The van der Waals surface area contributed by atoms with Crippen molar-refractivity contribution in [3.63, 3.8) is 0 Å². The maximum atomic E-state index is 12.0. The van der Waals surface area contributed by atoms with Crippen LogP contribution in [0.2, 0.25) is 0 Å². The van der Waals surface area contributed by atoms with Crippen molar-refractivity contribution >= 4 is 11.7 Å². The standard InChI is InChI=1S/C14H23N5O2/c1-17-7-4-13(16-17)15-14(21)10-18-8-11(12(20)9-18)19-5-2-3-6-19/h4,7,11-12,20H,2-3,5-6,8-10H2,1H3,(H,15,16,21)/t11-,12-/m0/s1. The maximum absolute atomic E-state index is 12.0. The first kappa shape index (κ1) is 14.5. The number of aliphatic hydroxyl groups is 1. The maximum Gasteiger partial charge on any atom is 0.239 e. The lowest BCUT2D eigenvalue weighted by Gasteiger charge is -2.25. The van der Waals surface area contributed by atoms with Crippen molar-refractivity contribution in [2.45, 2.75) is 25.0 Å². The van der Waals surface area contributed by atoms with Crippen LogP contribution in [0.5, 0.6) is 0 Å². The summed E-state index contributed by atoms with van der Waals surface area (Å²) in [4.78, 5) is 16.4. The first-order valence-corrected chi connectivity index (χ1v) is 7.56. The molecule has 0 saturated carbocycles. The molecule has 21 heavy (non-hydrogen) atoms. The topological polar surface area (TPSA) is 73.6 Å². The zero-order chi connectivity index (χ0) is 14.8. The van der Waals surface area contributed by atoms with Gasteiger partial charge in [-0.15, -0.1) is 0 Å². The van der Waals surface area contributed by atoms with Gasteiger partial charge >= 0.3 is 0 Å². The SMILES string of the molecule is Cn1ccc(NC(=O)CN2C[C@H](O)[C@@H](N3CCCC3)C2)n1. The second-order valence-electron chi connectivity index (χ2n) is 5.99. The van der Waals surface area contributed by atoms with Crippen LogP contribution in [0, 0.1) is 0 Å². The number of aryl methyl sites for hydroxylation is 1. The number of carbonyl (C=O) groups excluding carboxylic acids is 1. The minimum atomic E-state index is -0.356. The molecule has 3 heterocycles. The molecule has 0 bridgehead atoms. The average Bonchev–Trinajstić information content (AvgIpc) is 3.12. The number of rotatable bonds is 4. The fourth-order valence-electron chi connectivity index (χ4n) is 3.28. The van der Waals surface area contributed by atoms with E-state index in [1.807, 2.05) is 11.9 Å². The Kier molecular flexibility index (Phi) is 4.23. The highest BCUT2D eigenvalue weighted by molar-refractivity contribution is 5.91. The normalized spacial score (nSPS) is 27.3. The third kappa shape index (κ3) is 3.42. The third-order valence-corrected chi connectivity index (χ3v) is 4.29. The minimum absolute atomic E-state index is 0.0806. The van der Waals surface area contributed by atoms with Gasteiger partial charge in [0.05, 0.1) is 12.6 Å². The largest absolute Gasteiger partial charge is 0.390 e. The van der Waals surface area contributed by atoms with Gasteiger partial charge in [-0.2, -0.15) is 5.10 Å². The Morgan fingerprint density at radius 3 is 2.86 bits per heavy atom. The van der Waals surface area contributed by atoms with Crippen molar-refractivity contribution in [2.24, 2.45) is 7.05 Å². The number of amides is 1. The van der Waals surface area contributed by atoms with Crippen LogP contribution in [0.4, 0.5) is 5.82 Å². The average molecular weight is 293 g/mol. The Balaban J connectivity index is 1.50. The Morgan fingerprint density at radius 1 is 1.43 bits per heavy atom. The molecule has 2 aliphatic rings. The Labute approximate surface area is 124 Å². The first-order valence-electron chi connectivity index (χ1n) is 7.56. The highest BCUT2D eigenvalue weighted by atomic mass is 16.3. The zero-order valence-electron chi connectivity index (χ0n) is 12.4. The van der Waals surface area contributed by atoms with Crippen molar-refractivity contribution in [1.29, 1.82) is 0 Å². The highest BCUT2D eigenvalue weighted by Crippen LogP contribution is 2.20. The Morgan fingerprint density at radius 2 is 2.19 bits per heavy atom. The lowest BCUT2D eigenvalue weighted by molar-refractivity contribution is -0.117. The molecule has 0 aliphatic carbocycles. The van der Waals surface area contributed by atoms with E-state index in [-0.39, 0.29) is 18.1 Å². The summed E-state index contributed by atoms with van der Waals surface area (Å²) in [7, 11) is 1.81. The molecule has 3 rings (SSSR count). The smallest absolute Gasteiger partial charge is 0.239 e. The predicted octanol–water partition coefficient (Wildman–Crippen LogP) is -0.500. The predicted molar refractivity (Wildman–Crippen MR) is 78.9 cm³/mol. The third-order valence-electron chi connectivity index (χ3n) is 4.29. The molecule has 2 saturated heterocycles. The summed E-state index contributed by atoms with van der Waals surface area (Å²) in [5.74, 6) is 0.487. The number of anilines is 1. The second-order valence-corrected chi connectivity index (χ2v) is 5.99. The molecule has 2 atom stereocenters. The molecule has 1 aromatic heterocycles. The van der Waals surface area contributed by atoms with E-state index in [1.165, 1.54) is 12.8 Å². The van der Waals surface area contributed by atoms with Crippen molar-refractivity contribution in [1.82, 2.24) is 19.6 Å². The Bertz CT molecular complexity index is 497. The van der Waals surface area contributed by atoms with Gasteiger partial charge in [-0.1, -0.05) is 0 Å². The van der Waals surface area contributed by atoms with Gasteiger partial charge in [-0.05, 0) is 25.9 Å². The van der Waals surface area contributed by atoms with Gasteiger partial charge in [0.2, 0.25) is 5.91 Å². The highest BCUT2D eigenvalue weighted by Gasteiger charge is 2.36. The summed E-state index contributed by atoms with van der Waals surface area (Å²) in [6, 6.07) is 1.94. The molecule has 0 spiro atoms. The van der Waals surface area contributed by atoms with Crippen molar-refractivity contribution < 1.29 is 9.90 Å². The number of nitrogens with zero attached hydrogens (tertiary/aromatic N) is 4. The minimum Gasteiger partial charge on any atom is -0.390 e. The van der Waals surface area contributed by atoms with Crippen molar-refractivity contribution in [3.05, 3.63) is 12.3 Å². The summed E-state index contributed by atoms with van der Waals surface area (Å²) in [5, 5.41) is 17.1. The van der Waals surface area contributed by atoms with E-state index in [0.29, 0.717) is 18.9 Å². The van der Waals surface area contributed by atoms with Crippen molar-refractivity contribution in [3.8, 4) is 0 Å². The van der Waals surface area contributed by atoms with E-state index in [9.17, 15) is 9.90 Å². The van der Waals surface area contributed by atoms with Crippen LogP contribution in [0.15, 0.2) is 12.3 Å². The molecule has 2 aliphatic heterocycles. The molecule has 116 valence electrons. The Hall–Kier alpha value is -1.44. The van der Waals surface area contributed by atoms with Crippen LogP contribution >= 0.6 is 0 Å². The summed E-state index contributed by atoms with van der Waals surface area (Å²) >= 11 is 0. The van der Waals surface area contributed by atoms with E-state index >= 15 is 0 Å². The summed E-state index contributed by atoms with van der Waals surface area (Å²) in [6.07, 6.45) is 3.86. The van der Waals surface area contributed by atoms with Crippen LogP contribution in [0.3, 0.4) is 0 Å². The number of likely N-dealkylation sites (tertiary alicyclic amines) is 2. The molecule has 2 fully saturated rings. The van der Waals surface area contributed by atoms with Crippen molar-refractivity contribution in [2.75, 3.05) is 38.0 Å². The van der Waals surface area contributed by atoms with Crippen LogP contribution < -0.4 is 5.32 Å². The lowest BCUT2D eigenvalue weighted by Crippen LogP contribution is -2.41. The number of aromatic nitrogens is 2. The molecule has 1 amide bonds. The molecular formula is C14H23N5O2. The van der Waals surface area contributed by atoms with E-state index in [4.69, 9.17) is 0 Å². The number of β-amino-alcohol motifs (C(OH)–C–C–N with tert-alkyl or cyclic N) is 1. The van der Waals surface area contributed by atoms with Gasteiger partial charge in [0, 0.05) is 38.4 Å². The quantitative estimate of drug-likeness (QED) is 0.783. The molecule has 7 heteroatoms. The van der Waals surface area contributed by atoms with Gasteiger partial charge in [0.15, 0.2) is 5.82 Å². The molecule has 1 aromatic rings. The zero-order valence-corrected chi connectivity index (χ0v) is 12.4. The van der Waals surface area contributed by atoms with Gasteiger partial charge < -0.3 is 10.4 Å². The number of carbonyl (C=O) groups is 1. The fourth-order valence-corrected chi connectivity index (χ4v) is 3.28. The number of hydrogen-bond donors (Lipinski definition) is 2. The summed E-state index contributed by atoms with van der Waals surface area (Å²) in [6.45, 7) is 3.76. The van der Waals surface area contributed by atoms with Gasteiger partial charge in [-0.25, -0.2) is 0 Å². The van der Waals surface area contributed by atoms with Gasteiger partial charge in [0.1, 0.15) is 0 Å². The van der Waals surface area contributed by atoms with E-state index < -0.39 is 0 Å². The molecule has 7 nitrogen and oxygen atoms in total. The van der Waals surface area contributed by atoms with E-state index in [0.717, 1.165) is 19.6 Å². The molecule has 2 N–H and O–H groups in total. The summed E-state index contributed by atoms with van der Waals surface area (Å²) in [5.41, 5.74) is 0. The number of aliphatic hydroxyl groups excluding tert-OH is 1. The van der Waals surface area contributed by atoms with Crippen LogP contribution in [0.1, 0.15) is 12.8 Å². The second kappa shape index (κ2) is 6.13. The van der Waals surface area contributed by atoms with Gasteiger partial charge in [0.25, 0.3) is 0 Å². The van der Waals surface area contributed by atoms with Crippen LogP contribution in [-0.2, 0) is 11.8 Å².